The predicted molar refractivity (Wildman–Crippen MR) is 65.3 cm³/mol. The van der Waals surface area contributed by atoms with Gasteiger partial charge < -0.3 is 4.57 Å². The van der Waals surface area contributed by atoms with Gasteiger partial charge in [0.2, 0.25) is 0 Å². The van der Waals surface area contributed by atoms with E-state index in [1.54, 1.807) is 0 Å². The second-order valence-electron chi connectivity index (χ2n) is 6.56. The fraction of sp³-hybridized carbons (Fsp3) is 0.667. The lowest BCUT2D eigenvalue weighted by molar-refractivity contribution is -0.0429. The van der Waals surface area contributed by atoms with Crippen LogP contribution in [0.2, 0.25) is 0 Å². The van der Waals surface area contributed by atoms with Crippen molar-refractivity contribution in [1.82, 2.24) is 4.57 Å². The molecule has 0 atom stereocenters. The minimum absolute atomic E-state index is 0.379. The molecular weight excluding hydrogens is 208 g/mol. The number of nitrogens with zero attached hydrogens (tertiary/aromatic N) is 2. The number of hydrogen-bond donors (Lipinski definition) is 0. The van der Waals surface area contributed by atoms with Crippen molar-refractivity contribution in [1.29, 1.82) is 5.26 Å². The normalized spacial score (nSPS) is 42.6. The Morgan fingerprint density at radius 1 is 1.12 bits per heavy atom. The Bertz CT molecular complexity index is 456. The average Bonchev–Trinajstić information content (AvgIpc) is 2.76. The van der Waals surface area contributed by atoms with Gasteiger partial charge >= 0.3 is 0 Å². The Morgan fingerprint density at radius 3 is 2.18 bits per heavy atom. The molecule has 5 rings (SSSR count). The van der Waals surface area contributed by atoms with Crippen LogP contribution in [-0.4, -0.2) is 4.57 Å². The van der Waals surface area contributed by atoms with E-state index in [0.29, 0.717) is 5.54 Å². The first-order valence-electron chi connectivity index (χ1n) is 6.86. The molecule has 0 amide bonds. The van der Waals surface area contributed by atoms with E-state index in [1.165, 1.54) is 38.5 Å². The van der Waals surface area contributed by atoms with Crippen LogP contribution in [0.1, 0.15) is 44.1 Å². The molecule has 88 valence electrons. The first kappa shape index (κ1) is 9.76. The van der Waals surface area contributed by atoms with Crippen molar-refractivity contribution in [3.63, 3.8) is 0 Å². The molecule has 0 N–H and O–H groups in total. The van der Waals surface area contributed by atoms with E-state index >= 15 is 0 Å². The minimum atomic E-state index is 0.379. The third kappa shape index (κ3) is 1.32. The summed E-state index contributed by atoms with van der Waals surface area (Å²) in [5, 5.41) is 8.97. The summed E-state index contributed by atoms with van der Waals surface area (Å²) < 4.78 is 2.38. The largest absolute Gasteiger partial charge is 0.347 e. The molecule has 0 spiro atoms. The molecule has 4 saturated carbocycles. The molecule has 0 unspecified atom stereocenters. The zero-order valence-corrected chi connectivity index (χ0v) is 10.1. The van der Waals surface area contributed by atoms with Gasteiger partial charge in [0.25, 0.3) is 0 Å². The highest BCUT2D eigenvalue weighted by atomic mass is 15.1. The number of aromatic nitrogens is 1. The van der Waals surface area contributed by atoms with Crippen LogP contribution in [0.25, 0.3) is 0 Å². The summed E-state index contributed by atoms with van der Waals surface area (Å²) in [6, 6.07) is 4.23. The lowest BCUT2D eigenvalue weighted by Gasteiger charge is -2.57. The van der Waals surface area contributed by atoms with E-state index in [0.717, 1.165) is 23.3 Å². The molecule has 0 aromatic carbocycles. The van der Waals surface area contributed by atoms with E-state index in [-0.39, 0.29) is 0 Å². The van der Waals surface area contributed by atoms with Gasteiger partial charge in [-0.3, -0.25) is 0 Å². The van der Waals surface area contributed by atoms with Crippen molar-refractivity contribution in [3.8, 4) is 6.07 Å². The Morgan fingerprint density at radius 2 is 1.71 bits per heavy atom. The first-order valence-corrected chi connectivity index (χ1v) is 6.86. The SMILES string of the molecule is N#Cc1ccn(C23CC4CC(CC(C4)C2)C3)c1. The molecule has 1 aromatic heterocycles. The van der Waals surface area contributed by atoms with Crippen molar-refractivity contribution in [2.75, 3.05) is 0 Å². The van der Waals surface area contributed by atoms with Gasteiger partial charge in [-0.1, -0.05) is 0 Å². The molecule has 2 heteroatoms. The zero-order chi connectivity index (χ0) is 11.5. The summed E-state index contributed by atoms with van der Waals surface area (Å²) in [7, 11) is 0. The second-order valence-corrected chi connectivity index (χ2v) is 6.56. The van der Waals surface area contributed by atoms with Gasteiger partial charge in [-0.15, -0.1) is 0 Å². The summed E-state index contributed by atoms with van der Waals surface area (Å²) >= 11 is 0. The highest BCUT2D eigenvalue weighted by molar-refractivity contribution is 5.27. The maximum Gasteiger partial charge on any atom is 0.101 e. The minimum Gasteiger partial charge on any atom is -0.347 e. The zero-order valence-electron chi connectivity index (χ0n) is 10.1. The molecule has 1 aromatic rings. The highest BCUT2D eigenvalue weighted by Gasteiger charge is 2.51. The van der Waals surface area contributed by atoms with Crippen LogP contribution in [0.5, 0.6) is 0 Å². The van der Waals surface area contributed by atoms with Crippen LogP contribution in [0, 0.1) is 29.1 Å². The van der Waals surface area contributed by atoms with E-state index in [1.807, 2.05) is 6.07 Å². The average molecular weight is 226 g/mol. The van der Waals surface area contributed by atoms with Gasteiger partial charge in [0.15, 0.2) is 0 Å². The summed E-state index contributed by atoms with van der Waals surface area (Å²) in [6.45, 7) is 0. The predicted octanol–water partition coefficient (Wildman–Crippen LogP) is 3.29. The maximum absolute atomic E-state index is 8.97. The van der Waals surface area contributed by atoms with Crippen LogP contribution in [0.3, 0.4) is 0 Å². The molecule has 0 saturated heterocycles. The topological polar surface area (TPSA) is 28.7 Å². The van der Waals surface area contributed by atoms with E-state index in [9.17, 15) is 0 Å². The summed E-state index contributed by atoms with van der Waals surface area (Å²) in [5.41, 5.74) is 1.20. The first-order chi connectivity index (χ1) is 8.27. The van der Waals surface area contributed by atoms with Gasteiger partial charge in [-0.05, 0) is 62.3 Å². The molecule has 2 nitrogen and oxygen atoms in total. The van der Waals surface area contributed by atoms with Gasteiger partial charge in [0.1, 0.15) is 6.07 Å². The standard InChI is InChI=1S/C15H18N2/c16-9-11-1-2-17(10-11)15-6-12-3-13(7-15)5-14(4-12)8-15/h1-2,10,12-14H,3-8H2. The second kappa shape index (κ2) is 3.16. The van der Waals surface area contributed by atoms with Gasteiger partial charge in [0, 0.05) is 17.9 Å². The monoisotopic (exact) mass is 226 g/mol. The maximum atomic E-state index is 8.97. The molecule has 1 heterocycles. The van der Waals surface area contributed by atoms with Crippen molar-refractivity contribution in [3.05, 3.63) is 24.0 Å². The van der Waals surface area contributed by atoms with E-state index < -0.39 is 0 Å². The molecule has 4 bridgehead atoms. The van der Waals surface area contributed by atoms with Crippen LogP contribution in [0.15, 0.2) is 18.5 Å². The fourth-order valence-corrected chi connectivity index (χ4v) is 5.14. The summed E-state index contributed by atoms with van der Waals surface area (Å²) in [5.74, 6) is 2.90. The Labute approximate surface area is 102 Å². The molecular formula is C15H18N2. The molecule has 4 aliphatic rings. The molecule has 0 aliphatic heterocycles. The third-order valence-electron chi connectivity index (χ3n) is 5.38. The van der Waals surface area contributed by atoms with Crippen molar-refractivity contribution >= 4 is 0 Å². The number of hydrogen-bond acceptors (Lipinski definition) is 1. The third-order valence-corrected chi connectivity index (χ3v) is 5.38. The fourth-order valence-electron chi connectivity index (χ4n) is 5.14. The summed E-state index contributed by atoms with van der Waals surface area (Å²) in [4.78, 5) is 0. The van der Waals surface area contributed by atoms with Crippen LogP contribution < -0.4 is 0 Å². The van der Waals surface area contributed by atoms with Crippen molar-refractivity contribution in [2.24, 2.45) is 17.8 Å². The van der Waals surface area contributed by atoms with Gasteiger partial charge in [-0.25, -0.2) is 0 Å². The van der Waals surface area contributed by atoms with E-state index in [2.05, 4.69) is 23.0 Å². The Kier molecular flexibility index (Phi) is 1.82. The van der Waals surface area contributed by atoms with Crippen LogP contribution >= 0.6 is 0 Å². The lowest BCUT2D eigenvalue weighted by atomic mass is 9.53. The van der Waals surface area contributed by atoms with Crippen LogP contribution in [-0.2, 0) is 5.54 Å². The Balaban J connectivity index is 1.75. The summed E-state index contributed by atoms with van der Waals surface area (Å²) in [6.07, 6.45) is 12.7. The molecule has 17 heavy (non-hydrogen) atoms. The van der Waals surface area contributed by atoms with Crippen molar-refractivity contribution in [2.45, 2.75) is 44.1 Å². The molecule has 4 fully saturated rings. The smallest absolute Gasteiger partial charge is 0.101 e. The van der Waals surface area contributed by atoms with Crippen molar-refractivity contribution < 1.29 is 0 Å². The van der Waals surface area contributed by atoms with Gasteiger partial charge in [0.05, 0.1) is 5.56 Å². The number of nitriles is 1. The molecule has 4 aliphatic carbocycles. The van der Waals surface area contributed by atoms with Gasteiger partial charge in [-0.2, -0.15) is 5.26 Å². The Hall–Kier alpha value is -1.23. The van der Waals surface area contributed by atoms with E-state index in [4.69, 9.17) is 5.26 Å². The molecule has 0 radical (unpaired) electrons. The number of rotatable bonds is 1. The van der Waals surface area contributed by atoms with Crippen LogP contribution in [0.4, 0.5) is 0 Å². The highest BCUT2D eigenvalue weighted by Crippen LogP contribution is 2.58. The quantitative estimate of drug-likeness (QED) is 0.722. The lowest BCUT2D eigenvalue weighted by Crippen LogP contribution is -2.51.